The molecule has 0 atom stereocenters. The fourth-order valence-electron chi connectivity index (χ4n) is 2.44. The zero-order valence-electron chi connectivity index (χ0n) is 11.8. The van der Waals surface area contributed by atoms with Crippen LogP contribution in [0.25, 0.3) is 0 Å². The predicted molar refractivity (Wildman–Crippen MR) is 73.9 cm³/mol. The molecule has 0 aromatic carbocycles. The monoisotopic (exact) mass is 248 g/mol. The average molecular weight is 248 g/mol. The van der Waals surface area contributed by atoms with E-state index < -0.39 is 0 Å². The van der Waals surface area contributed by atoms with E-state index in [1.54, 1.807) is 0 Å². The Hall–Kier alpha value is -1.09. The summed E-state index contributed by atoms with van der Waals surface area (Å²) in [7, 11) is 1.96. The van der Waals surface area contributed by atoms with Crippen LogP contribution >= 0.6 is 0 Å². The number of hydrogen-bond donors (Lipinski definition) is 1. The third kappa shape index (κ3) is 3.22. The Morgan fingerprint density at radius 1 is 1.39 bits per heavy atom. The third-order valence-corrected chi connectivity index (χ3v) is 3.78. The van der Waals surface area contributed by atoms with Gasteiger partial charge in [-0.3, -0.25) is 0 Å². The number of aromatic nitrogens is 1. The molecular formula is C15H24N2O. The van der Waals surface area contributed by atoms with Gasteiger partial charge in [-0.05, 0) is 44.9 Å². The molecule has 1 saturated carbocycles. The molecule has 0 amide bonds. The number of ether oxygens (including phenoxy) is 1. The molecule has 2 rings (SSSR count). The van der Waals surface area contributed by atoms with Gasteiger partial charge in [0.25, 0.3) is 0 Å². The molecule has 3 nitrogen and oxygen atoms in total. The molecule has 0 spiro atoms. The predicted octanol–water partition coefficient (Wildman–Crippen LogP) is 2.99. The molecule has 1 aromatic rings. The van der Waals surface area contributed by atoms with E-state index in [1.165, 1.54) is 36.8 Å². The van der Waals surface area contributed by atoms with Gasteiger partial charge in [0.2, 0.25) is 5.88 Å². The van der Waals surface area contributed by atoms with Gasteiger partial charge in [0.05, 0.1) is 6.61 Å². The van der Waals surface area contributed by atoms with Gasteiger partial charge >= 0.3 is 0 Å². The first-order valence-electron chi connectivity index (χ1n) is 6.95. The highest BCUT2D eigenvalue weighted by atomic mass is 16.5. The van der Waals surface area contributed by atoms with Crippen LogP contribution in [0.15, 0.2) is 6.07 Å². The fraction of sp³-hybridized carbons (Fsp3) is 0.667. The van der Waals surface area contributed by atoms with Crippen LogP contribution in [0, 0.1) is 19.8 Å². The van der Waals surface area contributed by atoms with Gasteiger partial charge in [-0.2, -0.15) is 0 Å². The van der Waals surface area contributed by atoms with E-state index in [4.69, 9.17) is 4.74 Å². The first kappa shape index (κ1) is 13.3. The summed E-state index contributed by atoms with van der Waals surface area (Å²) in [6.07, 6.45) is 5.34. The first-order valence-corrected chi connectivity index (χ1v) is 6.95. The summed E-state index contributed by atoms with van der Waals surface area (Å²) in [5.41, 5.74) is 3.48. The lowest BCUT2D eigenvalue weighted by atomic mass is 9.83. The zero-order chi connectivity index (χ0) is 13.0. The maximum atomic E-state index is 5.91. The number of pyridine rings is 1. The van der Waals surface area contributed by atoms with Crippen molar-refractivity contribution in [2.75, 3.05) is 13.7 Å². The van der Waals surface area contributed by atoms with Crippen LogP contribution in [-0.2, 0) is 6.54 Å². The Morgan fingerprint density at radius 3 is 2.78 bits per heavy atom. The standard InChI is InChI=1S/C15H24N2O/c1-11-9-12(2)17-15(14(11)10-16-3)18-8-7-13-5-4-6-13/h9,13,16H,4-8,10H2,1-3H3. The second-order valence-corrected chi connectivity index (χ2v) is 5.33. The summed E-state index contributed by atoms with van der Waals surface area (Å²) in [4.78, 5) is 4.53. The molecule has 0 aliphatic heterocycles. The van der Waals surface area contributed by atoms with Crippen molar-refractivity contribution < 1.29 is 4.74 Å². The molecule has 1 aromatic heterocycles. The van der Waals surface area contributed by atoms with Crippen LogP contribution in [-0.4, -0.2) is 18.6 Å². The number of aryl methyl sites for hydroxylation is 2. The smallest absolute Gasteiger partial charge is 0.218 e. The normalized spacial score (nSPS) is 15.5. The lowest BCUT2D eigenvalue weighted by Gasteiger charge is -2.25. The van der Waals surface area contributed by atoms with Crippen molar-refractivity contribution in [2.24, 2.45) is 5.92 Å². The summed E-state index contributed by atoms with van der Waals surface area (Å²) in [6.45, 7) is 5.77. The summed E-state index contributed by atoms with van der Waals surface area (Å²) in [5, 5.41) is 3.19. The van der Waals surface area contributed by atoms with Crippen molar-refractivity contribution in [1.29, 1.82) is 0 Å². The van der Waals surface area contributed by atoms with Crippen molar-refractivity contribution in [2.45, 2.75) is 46.1 Å². The third-order valence-electron chi connectivity index (χ3n) is 3.78. The Labute approximate surface area is 110 Å². The van der Waals surface area contributed by atoms with Crippen molar-refractivity contribution in [1.82, 2.24) is 10.3 Å². The molecule has 100 valence electrons. The van der Waals surface area contributed by atoms with Crippen molar-refractivity contribution in [3.05, 3.63) is 22.9 Å². The van der Waals surface area contributed by atoms with E-state index >= 15 is 0 Å². The molecule has 0 unspecified atom stereocenters. The minimum absolute atomic E-state index is 0.803. The van der Waals surface area contributed by atoms with Gasteiger partial charge in [-0.15, -0.1) is 0 Å². The Balaban J connectivity index is 1.99. The van der Waals surface area contributed by atoms with E-state index in [2.05, 4.69) is 23.3 Å². The maximum Gasteiger partial charge on any atom is 0.218 e. The topological polar surface area (TPSA) is 34.2 Å². The molecule has 1 aliphatic carbocycles. The van der Waals surface area contributed by atoms with E-state index in [9.17, 15) is 0 Å². The number of nitrogens with one attached hydrogen (secondary N) is 1. The highest BCUT2D eigenvalue weighted by Gasteiger charge is 2.17. The lowest BCUT2D eigenvalue weighted by molar-refractivity contribution is 0.215. The summed E-state index contributed by atoms with van der Waals surface area (Å²) in [6, 6.07) is 2.12. The largest absolute Gasteiger partial charge is 0.477 e. The van der Waals surface area contributed by atoms with Gasteiger partial charge in [0.1, 0.15) is 0 Å². The van der Waals surface area contributed by atoms with E-state index in [-0.39, 0.29) is 0 Å². The van der Waals surface area contributed by atoms with Crippen molar-refractivity contribution in [3.8, 4) is 5.88 Å². The number of nitrogens with zero attached hydrogens (tertiary/aromatic N) is 1. The molecule has 0 bridgehead atoms. The molecule has 1 aliphatic rings. The second kappa shape index (κ2) is 6.19. The zero-order valence-corrected chi connectivity index (χ0v) is 11.8. The fourth-order valence-corrected chi connectivity index (χ4v) is 2.44. The minimum Gasteiger partial charge on any atom is -0.477 e. The molecule has 3 heteroatoms. The molecule has 1 fully saturated rings. The van der Waals surface area contributed by atoms with Gasteiger partial charge in [0, 0.05) is 17.8 Å². The minimum atomic E-state index is 0.803. The highest BCUT2D eigenvalue weighted by molar-refractivity contribution is 5.35. The number of hydrogen-bond acceptors (Lipinski definition) is 3. The molecule has 18 heavy (non-hydrogen) atoms. The van der Waals surface area contributed by atoms with Crippen LogP contribution in [0.4, 0.5) is 0 Å². The number of rotatable bonds is 6. The molecule has 1 N–H and O–H groups in total. The Bertz CT molecular complexity index is 400. The van der Waals surface area contributed by atoms with E-state index in [0.717, 1.165) is 30.6 Å². The van der Waals surface area contributed by atoms with Gasteiger partial charge < -0.3 is 10.1 Å². The molecule has 1 heterocycles. The SMILES string of the molecule is CNCc1c(C)cc(C)nc1OCCC1CCC1. The van der Waals surface area contributed by atoms with E-state index in [1.807, 2.05) is 14.0 Å². The van der Waals surface area contributed by atoms with Crippen LogP contribution in [0.1, 0.15) is 42.5 Å². The van der Waals surface area contributed by atoms with Gasteiger partial charge in [0.15, 0.2) is 0 Å². The summed E-state index contributed by atoms with van der Waals surface area (Å²) in [5.74, 6) is 1.71. The summed E-state index contributed by atoms with van der Waals surface area (Å²) < 4.78 is 5.91. The van der Waals surface area contributed by atoms with Gasteiger partial charge in [-0.1, -0.05) is 19.3 Å². The molecule has 0 saturated heterocycles. The van der Waals surface area contributed by atoms with E-state index in [0.29, 0.717) is 0 Å². The Morgan fingerprint density at radius 2 is 2.17 bits per heavy atom. The second-order valence-electron chi connectivity index (χ2n) is 5.33. The quantitative estimate of drug-likeness (QED) is 0.840. The van der Waals surface area contributed by atoms with Crippen LogP contribution < -0.4 is 10.1 Å². The Kier molecular flexibility index (Phi) is 4.59. The molecule has 0 radical (unpaired) electrons. The van der Waals surface area contributed by atoms with Gasteiger partial charge in [-0.25, -0.2) is 4.98 Å². The maximum absolute atomic E-state index is 5.91. The summed E-state index contributed by atoms with van der Waals surface area (Å²) >= 11 is 0. The lowest BCUT2D eigenvalue weighted by Crippen LogP contribution is -2.16. The molecular weight excluding hydrogens is 224 g/mol. The average Bonchev–Trinajstić information content (AvgIpc) is 2.26. The van der Waals surface area contributed by atoms with Crippen LogP contribution in [0.5, 0.6) is 5.88 Å². The van der Waals surface area contributed by atoms with Crippen LogP contribution in [0.3, 0.4) is 0 Å². The van der Waals surface area contributed by atoms with Crippen molar-refractivity contribution in [3.63, 3.8) is 0 Å². The highest BCUT2D eigenvalue weighted by Crippen LogP contribution is 2.29. The first-order chi connectivity index (χ1) is 8.70. The van der Waals surface area contributed by atoms with Crippen molar-refractivity contribution >= 4 is 0 Å². The van der Waals surface area contributed by atoms with Crippen LogP contribution in [0.2, 0.25) is 0 Å².